The maximum absolute atomic E-state index is 5.98. The normalized spacial score (nSPS) is 23.0. The molecule has 1 heterocycles. The Labute approximate surface area is 95.2 Å². The van der Waals surface area contributed by atoms with E-state index in [1.165, 1.54) is 45.2 Å². The second-order valence-corrected chi connectivity index (χ2v) is 5.68. The zero-order valence-corrected chi connectivity index (χ0v) is 10.8. The van der Waals surface area contributed by atoms with Gasteiger partial charge in [0.25, 0.3) is 0 Å². The minimum Gasteiger partial charge on any atom is -0.329 e. The van der Waals surface area contributed by atoms with Gasteiger partial charge < -0.3 is 5.73 Å². The number of rotatable bonds is 5. The summed E-state index contributed by atoms with van der Waals surface area (Å²) in [4.78, 5) is 2.62. The minimum atomic E-state index is 0.255. The summed E-state index contributed by atoms with van der Waals surface area (Å²) < 4.78 is 0. The number of piperidine rings is 1. The molecule has 0 aromatic carbocycles. The predicted molar refractivity (Wildman–Crippen MR) is 67.0 cm³/mol. The monoisotopic (exact) mass is 212 g/mol. The van der Waals surface area contributed by atoms with Crippen molar-refractivity contribution < 1.29 is 0 Å². The SMILES string of the molecule is CC(C)CCC(C)(CN)N1CCCCC1. The highest BCUT2D eigenvalue weighted by Crippen LogP contribution is 2.26. The topological polar surface area (TPSA) is 29.3 Å². The largest absolute Gasteiger partial charge is 0.329 e. The van der Waals surface area contributed by atoms with Crippen molar-refractivity contribution in [2.45, 2.75) is 58.4 Å². The lowest BCUT2D eigenvalue weighted by atomic mass is 9.88. The van der Waals surface area contributed by atoms with E-state index >= 15 is 0 Å². The van der Waals surface area contributed by atoms with Gasteiger partial charge in [0, 0.05) is 12.1 Å². The number of likely N-dealkylation sites (tertiary alicyclic amines) is 1. The summed E-state index contributed by atoms with van der Waals surface area (Å²) in [5, 5.41) is 0. The van der Waals surface area contributed by atoms with Gasteiger partial charge in [-0.1, -0.05) is 20.3 Å². The zero-order chi connectivity index (χ0) is 11.3. The van der Waals surface area contributed by atoms with Gasteiger partial charge in [-0.3, -0.25) is 4.90 Å². The molecule has 0 aromatic heterocycles. The van der Waals surface area contributed by atoms with Crippen LogP contribution in [0, 0.1) is 5.92 Å². The Balaban J connectivity index is 2.49. The second-order valence-electron chi connectivity index (χ2n) is 5.68. The molecule has 0 aliphatic carbocycles. The number of hydrogen-bond acceptors (Lipinski definition) is 2. The molecule has 1 saturated heterocycles. The molecular weight excluding hydrogens is 184 g/mol. The molecule has 0 radical (unpaired) electrons. The molecule has 2 nitrogen and oxygen atoms in total. The lowest BCUT2D eigenvalue weighted by molar-refractivity contribution is 0.0748. The molecule has 0 saturated carbocycles. The van der Waals surface area contributed by atoms with E-state index in [4.69, 9.17) is 5.73 Å². The van der Waals surface area contributed by atoms with Gasteiger partial charge in [-0.05, 0) is 51.6 Å². The van der Waals surface area contributed by atoms with E-state index in [0.717, 1.165) is 12.5 Å². The van der Waals surface area contributed by atoms with Crippen LogP contribution < -0.4 is 5.73 Å². The van der Waals surface area contributed by atoms with Gasteiger partial charge in [-0.25, -0.2) is 0 Å². The van der Waals surface area contributed by atoms with Crippen molar-refractivity contribution in [3.05, 3.63) is 0 Å². The van der Waals surface area contributed by atoms with Crippen LogP contribution in [-0.4, -0.2) is 30.1 Å². The van der Waals surface area contributed by atoms with Crippen LogP contribution in [0.5, 0.6) is 0 Å². The van der Waals surface area contributed by atoms with E-state index in [1.54, 1.807) is 0 Å². The molecule has 0 aromatic rings. The Morgan fingerprint density at radius 2 is 1.80 bits per heavy atom. The second kappa shape index (κ2) is 5.86. The molecule has 2 N–H and O–H groups in total. The third-order valence-corrected chi connectivity index (χ3v) is 3.82. The van der Waals surface area contributed by atoms with Gasteiger partial charge in [-0.2, -0.15) is 0 Å². The van der Waals surface area contributed by atoms with Crippen LogP contribution in [0.2, 0.25) is 0 Å². The summed E-state index contributed by atoms with van der Waals surface area (Å²) in [5.41, 5.74) is 6.24. The van der Waals surface area contributed by atoms with Crippen molar-refractivity contribution in [2.24, 2.45) is 11.7 Å². The summed E-state index contributed by atoms with van der Waals surface area (Å²) in [6, 6.07) is 0. The fourth-order valence-electron chi connectivity index (χ4n) is 2.42. The lowest BCUT2D eigenvalue weighted by Crippen LogP contribution is -2.53. The molecule has 1 fully saturated rings. The molecule has 1 unspecified atom stereocenters. The first kappa shape index (κ1) is 13.0. The fraction of sp³-hybridized carbons (Fsp3) is 1.00. The minimum absolute atomic E-state index is 0.255. The van der Waals surface area contributed by atoms with Gasteiger partial charge in [0.2, 0.25) is 0 Å². The van der Waals surface area contributed by atoms with E-state index < -0.39 is 0 Å². The summed E-state index contributed by atoms with van der Waals surface area (Å²) >= 11 is 0. The van der Waals surface area contributed by atoms with Crippen LogP contribution in [0.4, 0.5) is 0 Å². The van der Waals surface area contributed by atoms with E-state index in [9.17, 15) is 0 Å². The number of nitrogens with zero attached hydrogens (tertiary/aromatic N) is 1. The zero-order valence-electron chi connectivity index (χ0n) is 10.8. The maximum atomic E-state index is 5.98. The summed E-state index contributed by atoms with van der Waals surface area (Å²) in [6.45, 7) is 10.3. The van der Waals surface area contributed by atoms with Crippen molar-refractivity contribution >= 4 is 0 Å². The average Bonchev–Trinajstić information content (AvgIpc) is 2.27. The van der Waals surface area contributed by atoms with Crippen LogP contribution in [0.3, 0.4) is 0 Å². The van der Waals surface area contributed by atoms with Gasteiger partial charge in [0.15, 0.2) is 0 Å². The molecule has 0 bridgehead atoms. The van der Waals surface area contributed by atoms with Crippen molar-refractivity contribution in [1.82, 2.24) is 4.90 Å². The van der Waals surface area contributed by atoms with Gasteiger partial charge in [0.05, 0.1) is 0 Å². The van der Waals surface area contributed by atoms with Crippen LogP contribution in [-0.2, 0) is 0 Å². The summed E-state index contributed by atoms with van der Waals surface area (Å²) in [7, 11) is 0. The number of nitrogens with two attached hydrogens (primary N) is 1. The van der Waals surface area contributed by atoms with Crippen LogP contribution in [0.25, 0.3) is 0 Å². The third-order valence-electron chi connectivity index (χ3n) is 3.82. The highest BCUT2D eigenvalue weighted by atomic mass is 15.2. The Bertz CT molecular complexity index is 173. The van der Waals surface area contributed by atoms with Gasteiger partial charge >= 0.3 is 0 Å². The van der Waals surface area contributed by atoms with Crippen LogP contribution in [0.1, 0.15) is 52.9 Å². The molecule has 1 aliphatic heterocycles. The smallest absolute Gasteiger partial charge is 0.0303 e. The molecule has 0 amide bonds. The first-order chi connectivity index (χ1) is 7.08. The highest BCUT2D eigenvalue weighted by Gasteiger charge is 2.30. The first-order valence-electron chi connectivity index (χ1n) is 6.53. The molecule has 1 rings (SSSR count). The fourth-order valence-corrected chi connectivity index (χ4v) is 2.42. The quantitative estimate of drug-likeness (QED) is 0.759. The number of hydrogen-bond donors (Lipinski definition) is 1. The molecular formula is C13H28N2. The van der Waals surface area contributed by atoms with Crippen molar-refractivity contribution in [3.8, 4) is 0 Å². The summed E-state index contributed by atoms with van der Waals surface area (Å²) in [5.74, 6) is 0.792. The predicted octanol–water partition coefficient (Wildman–Crippen LogP) is 2.63. The molecule has 90 valence electrons. The Morgan fingerprint density at radius 3 is 2.27 bits per heavy atom. The van der Waals surface area contributed by atoms with E-state index in [-0.39, 0.29) is 5.54 Å². The Morgan fingerprint density at radius 1 is 1.20 bits per heavy atom. The first-order valence-corrected chi connectivity index (χ1v) is 6.53. The van der Waals surface area contributed by atoms with E-state index in [1.807, 2.05) is 0 Å². The van der Waals surface area contributed by atoms with Gasteiger partial charge in [0.1, 0.15) is 0 Å². The highest BCUT2D eigenvalue weighted by molar-refractivity contribution is 4.88. The Hall–Kier alpha value is -0.0800. The van der Waals surface area contributed by atoms with Crippen molar-refractivity contribution in [3.63, 3.8) is 0 Å². The van der Waals surface area contributed by atoms with E-state index in [0.29, 0.717) is 0 Å². The van der Waals surface area contributed by atoms with Crippen LogP contribution in [0.15, 0.2) is 0 Å². The van der Waals surface area contributed by atoms with Gasteiger partial charge in [-0.15, -0.1) is 0 Å². The molecule has 0 spiro atoms. The average molecular weight is 212 g/mol. The van der Waals surface area contributed by atoms with Crippen molar-refractivity contribution in [1.29, 1.82) is 0 Å². The lowest BCUT2D eigenvalue weighted by Gasteiger charge is -2.43. The standard InChI is InChI=1S/C13H28N2/c1-12(2)7-8-13(3,11-14)15-9-5-4-6-10-15/h12H,4-11,14H2,1-3H3. The third kappa shape index (κ3) is 3.76. The molecule has 2 heteroatoms. The van der Waals surface area contributed by atoms with E-state index in [2.05, 4.69) is 25.7 Å². The van der Waals surface area contributed by atoms with Crippen molar-refractivity contribution in [2.75, 3.05) is 19.6 Å². The Kier molecular flexibility index (Phi) is 5.07. The molecule has 15 heavy (non-hydrogen) atoms. The molecule has 1 aliphatic rings. The molecule has 1 atom stereocenters. The maximum Gasteiger partial charge on any atom is 0.0303 e. The summed E-state index contributed by atoms with van der Waals surface area (Å²) in [6.07, 6.45) is 6.67. The van der Waals surface area contributed by atoms with Crippen LogP contribution >= 0.6 is 0 Å².